The normalized spacial score (nSPS) is 15.4. The van der Waals surface area contributed by atoms with Crippen LogP contribution >= 0.6 is 23.2 Å². The first kappa shape index (κ1) is 20.1. The molecular weight excluding hydrogens is 429 g/mol. The first-order chi connectivity index (χ1) is 14.4. The molecule has 154 valence electrons. The molecule has 2 N–H and O–H groups in total. The van der Waals surface area contributed by atoms with Crippen LogP contribution in [0.1, 0.15) is 27.8 Å². The maximum absolute atomic E-state index is 13.1. The van der Waals surface area contributed by atoms with Crippen LogP contribution in [0.5, 0.6) is 5.75 Å². The number of rotatable bonds is 5. The lowest BCUT2D eigenvalue weighted by atomic mass is 10.1. The molecule has 2 amide bonds. The monoisotopic (exact) mass is 445 g/mol. The van der Waals surface area contributed by atoms with Crippen LogP contribution in [0.25, 0.3) is 0 Å². The first-order valence-electron chi connectivity index (χ1n) is 9.04. The topological polar surface area (TPSA) is 83.8 Å². The van der Waals surface area contributed by atoms with Gasteiger partial charge in [0, 0.05) is 15.7 Å². The van der Waals surface area contributed by atoms with E-state index in [0.29, 0.717) is 32.8 Å². The summed E-state index contributed by atoms with van der Waals surface area (Å²) in [7, 11) is 0. The van der Waals surface area contributed by atoms with Gasteiger partial charge in [-0.3, -0.25) is 15.0 Å². The molecule has 0 saturated carbocycles. The molecule has 1 aliphatic rings. The maximum atomic E-state index is 13.1. The molecule has 30 heavy (non-hydrogen) atoms. The van der Waals surface area contributed by atoms with Gasteiger partial charge in [-0.25, -0.2) is 5.01 Å². The number of nitrogens with one attached hydrogen (secondary N) is 2. The van der Waals surface area contributed by atoms with Crippen molar-refractivity contribution in [2.45, 2.75) is 13.1 Å². The van der Waals surface area contributed by atoms with Gasteiger partial charge in [-0.15, -0.1) is 0 Å². The van der Waals surface area contributed by atoms with E-state index in [-0.39, 0.29) is 6.61 Å². The highest BCUT2D eigenvalue weighted by Crippen LogP contribution is 2.33. The fourth-order valence-electron chi connectivity index (χ4n) is 3.12. The summed E-state index contributed by atoms with van der Waals surface area (Å²) in [5.41, 5.74) is 4.31. The zero-order valence-corrected chi connectivity index (χ0v) is 17.3. The number of carbonyl (C=O) groups excluding carboxylic acids is 2. The molecule has 1 atom stereocenters. The number of ether oxygens (including phenoxy) is 1. The Morgan fingerprint density at radius 2 is 1.97 bits per heavy atom. The lowest BCUT2D eigenvalue weighted by Crippen LogP contribution is -2.53. The van der Waals surface area contributed by atoms with Crippen LogP contribution in [0, 0.1) is 6.92 Å². The van der Waals surface area contributed by atoms with Gasteiger partial charge in [0.15, 0.2) is 12.8 Å². The van der Waals surface area contributed by atoms with Crippen LogP contribution in [0.3, 0.4) is 0 Å². The third-order valence-electron chi connectivity index (χ3n) is 4.53. The van der Waals surface area contributed by atoms with Gasteiger partial charge >= 0.3 is 0 Å². The fraction of sp³-hybridized carbons (Fsp3) is 0.143. The number of amides is 2. The summed E-state index contributed by atoms with van der Waals surface area (Å²) < 4.78 is 11.0. The lowest BCUT2D eigenvalue weighted by molar-refractivity contribution is -0.127. The van der Waals surface area contributed by atoms with E-state index in [4.69, 9.17) is 32.4 Å². The molecule has 1 unspecified atom stereocenters. The zero-order chi connectivity index (χ0) is 21.3. The van der Waals surface area contributed by atoms with E-state index in [2.05, 4.69) is 10.7 Å². The molecule has 1 aromatic heterocycles. The predicted octanol–water partition coefficient (Wildman–Crippen LogP) is 4.57. The van der Waals surface area contributed by atoms with Crippen molar-refractivity contribution in [2.75, 3.05) is 11.9 Å². The average molecular weight is 446 g/mol. The molecule has 2 aromatic carbocycles. The number of furan rings is 1. The van der Waals surface area contributed by atoms with Crippen LogP contribution in [0.4, 0.5) is 5.69 Å². The molecular formula is C21H17Cl2N3O4. The Labute approximate surface area is 182 Å². The van der Waals surface area contributed by atoms with Gasteiger partial charge in [0.1, 0.15) is 11.5 Å². The molecule has 2 heterocycles. The molecule has 0 spiro atoms. The molecule has 1 aliphatic heterocycles. The minimum absolute atomic E-state index is 0.292. The third-order valence-corrected chi connectivity index (χ3v) is 5.01. The van der Waals surface area contributed by atoms with Crippen molar-refractivity contribution in [1.29, 1.82) is 0 Å². The second-order valence-electron chi connectivity index (χ2n) is 6.66. The van der Waals surface area contributed by atoms with E-state index in [1.165, 1.54) is 12.3 Å². The van der Waals surface area contributed by atoms with Crippen molar-refractivity contribution in [3.05, 3.63) is 81.7 Å². The highest BCUT2D eigenvalue weighted by molar-refractivity contribution is 6.31. The van der Waals surface area contributed by atoms with Crippen LogP contribution in [0.15, 0.2) is 59.2 Å². The van der Waals surface area contributed by atoms with E-state index >= 15 is 0 Å². The summed E-state index contributed by atoms with van der Waals surface area (Å²) in [5, 5.41) is 5.34. The third kappa shape index (κ3) is 4.08. The lowest BCUT2D eigenvalue weighted by Gasteiger charge is -2.36. The number of carbonyl (C=O) groups is 2. The molecule has 7 nitrogen and oxygen atoms in total. The quantitative estimate of drug-likeness (QED) is 0.600. The molecule has 0 saturated heterocycles. The number of hydrazine groups is 1. The number of halogens is 2. The second-order valence-corrected chi connectivity index (χ2v) is 7.53. The first-order valence-corrected chi connectivity index (χ1v) is 9.79. The number of hydrogen-bond donors (Lipinski definition) is 2. The van der Waals surface area contributed by atoms with Gasteiger partial charge < -0.3 is 14.5 Å². The number of benzene rings is 2. The molecule has 9 heteroatoms. The molecule has 0 aliphatic carbocycles. The van der Waals surface area contributed by atoms with Crippen LogP contribution in [-0.2, 0) is 4.79 Å². The molecule has 0 radical (unpaired) electrons. The number of anilines is 1. The number of nitrogens with zero attached hydrogens (tertiary/aromatic N) is 1. The summed E-state index contributed by atoms with van der Waals surface area (Å²) >= 11 is 12.0. The summed E-state index contributed by atoms with van der Waals surface area (Å²) in [5.74, 6) is 0.0429. The van der Waals surface area contributed by atoms with Crippen LogP contribution < -0.4 is 15.5 Å². The second kappa shape index (κ2) is 8.30. The van der Waals surface area contributed by atoms with E-state index in [1.54, 1.807) is 42.5 Å². The standard InChI is InChI=1S/C21H17Cl2N3O4/c1-12-9-13(22)5-7-17(12)30-11-19(27)25-26-20(18-3-2-8-29-18)24-16-6-4-14(23)10-15(16)21(26)28/h2-10,20,24H,11H2,1H3,(H,25,27). The van der Waals surface area contributed by atoms with Crippen LogP contribution in [0.2, 0.25) is 10.0 Å². The Morgan fingerprint density at radius 1 is 1.20 bits per heavy atom. The summed E-state index contributed by atoms with van der Waals surface area (Å²) in [6, 6.07) is 13.4. The summed E-state index contributed by atoms with van der Waals surface area (Å²) in [6.45, 7) is 1.53. The molecule has 0 bridgehead atoms. The highest BCUT2D eigenvalue weighted by Gasteiger charge is 2.36. The van der Waals surface area contributed by atoms with Gasteiger partial charge in [0.25, 0.3) is 11.8 Å². The number of aryl methyl sites for hydroxylation is 1. The van der Waals surface area contributed by atoms with E-state index < -0.39 is 18.0 Å². The van der Waals surface area contributed by atoms with Gasteiger partial charge in [-0.05, 0) is 61.0 Å². The van der Waals surface area contributed by atoms with Crippen molar-refractivity contribution < 1.29 is 18.7 Å². The van der Waals surface area contributed by atoms with Crippen molar-refractivity contribution in [3.8, 4) is 5.75 Å². The van der Waals surface area contributed by atoms with Gasteiger partial charge in [0.05, 0.1) is 11.8 Å². The summed E-state index contributed by atoms with van der Waals surface area (Å²) in [4.78, 5) is 25.7. The summed E-state index contributed by atoms with van der Waals surface area (Å²) in [6.07, 6.45) is 0.757. The predicted molar refractivity (Wildman–Crippen MR) is 113 cm³/mol. The molecule has 4 rings (SSSR count). The zero-order valence-electron chi connectivity index (χ0n) is 15.8. The highest BCUT2D eigenvalue weighted by atomic mass is 35.5. The smallest absolute Gasteiger partial charge is 0.276 e. The minimum atomic E-state index is -0.734. The van der Waals surface area contributed by atoms with Crippen molar-refractivity contribution in [1.82, 2.24) is 10.4 Å². The largest absolute Gasteiger partial charge is 0.483 e. The van der Waals surface area contributed by atoms with Crippen molar-refractivity contribution in [3.63, 3.8) is 0 Å². The SMILES string of the molecule is Cc1cc(Cl)ccc1OCC(=O)NN1C(=O)c2cc(Cl)ccc2NC1c1ccco1. The number of hydrogen-bond acceptors (Lipinski definition) is 5. The Bertz CT molecular complexity index is 1100. The fourth-order valence-corrected chi connectivity index (χ4v) is 3.52. The average Bonchev–Trinajstić information content (AvgIpc) is 3.24. The van der Waals surface area contributed by atoms with Gasteiger partial charge in [0.2, 0.25) is 0 Å². The number of fused-ring (bicyclic) bond motifs is 1. The molecule has 0 fully saturated rings. The van der Waals surface area contributed by atoms with Crippen molar-refractivity contribution in [2.24, 2.45) is 0 Å². The maximum Gasteiger partial charge on any atom is 0.276 e. The van der Waals surface area contributed by atoms with Crippen molar-refractivity contribution >= 4 is 40.7 Å². The van der Waals surface area contributed by atoms with Gasteiger partial charge in [-0.1, -0.05) is 23.2 Å². The van der Waals surface area contributed by atoms with E-state index in [1.807, 2.05) is 6.92 Å². The van der Waals surface area contributed by atoms with Gasteiger partial charge in [-0.2, -0.15) is 0 Å². The molecule has 3 aromatic rings. The van der Waals surface area contributed by atoms with E-state index in [0.717, 1.165) is 10.6 Å². The van der Waals surface area contributed by atoms with Crippen LogP contribution in [-0.4, -0.2) is 23.4 Å². The minimum Gasteiger partial charge on any atom is -0.483 e. The Kier molecular flexibility index (Phi) is 5.57. The Hall–Kier alpha value is -3.16. The van der Waals surface area contributed by atoms with E-state index in [9.17, 15) is 9.59 Å². The Balaban J connectivity index is 1.54. The Morgan fingerprint density at radius 3 is 2.70 bits per heavy atom.